The molecule has 0 bridgehead atoms. The summed E-state index contributed by atoms with van der Waals surface area (Å²) >= 11 is 0. The number of non-ortho nitro benzene ring substituents is 1. The quantitative estimate of drug-likeness (QED) is 0.581. The van der Waals surface area contributed by atoms with Gasteiger partial charge in [-0.15, -0.1) is 0 Å². The summed E-state index contributed by atoms with van der Waals surface area (Å²) in [5.74, 6) is 0. The van der Waals surface area contributed by atoms with E-state index in [0.29, 0.717) is 0 Å². The van der Waals surface area contributed by atoms with Gasteiger partial charge in [-0.05, 0) is 23.3 Å². The van der Waals surface area contributed by atoms with Crippen LogP contribution in [0.15, 0.2) is 48.8 Å². The predicted octanol–water partition coefficient (Wildman–Crippen LogP) is 2.59. The number of aromatic nitrogens is 1. The van der Waals surface area contributed by atoms with Gasteiger partial charge in [-0.1, -0.05) is 12.1 Å². The Morgan fingerprint density at radius 2 is 1.56 bits per heavy atom. The van der Waals surface area contributed by atoms with Gasteiger partial charge in [0.1, 0.15) is 0 Å². The zero-order valence-corrected chi connectivity index (χ0v) is 8.41. The summed E-state index contributed by atoms with van der Waals surface area (Å²) < 4.78 is 0. The second-order valence-electron chi connectivity index (χ2n) is 3.27. The fourth-order valence-corrected chi connectivity index (χ4v) is 1.34. The third-order valence-corrected chi connectivity index (χ3v) is 2.14. The van der Waals surface area contributed by atoms with Crippen LogP contribution in [0.4, 0.5) is 5.69 Å². The highest BCUT2D eigenvalue weighted by molar-refractivity contribution is 5.40. The average molecular weight is 213 g/mol. The fraction of sp³-hybridized carbons (Fsp3) is 0. The Kier molecular flexibility index (Phi) is 2.91. The van der Waals surface area contributed by atoms with E-state index in [1.54, 1.807) is 24.5 Å². The van der Waals surface area contributed by atoms with Crippen LogP contribution < -0.4 is 0 Å². The van der Waals surface area contributed by atoms with Crippen molar-refractivity contribution in [2.75, 3.05) is 0 Å². The lowest BCUT2D eigenvalue weighted by Gasteiger charge is -2.00. The number of hydrogen-bond donors (Lipinski definition) is 0. The van der Waals surface area contributed by atoms with E-state index < -0.39 is 4.92 Å². The van der Waals surface area contributed by atoms with Crippen molar-refractivity contribution in [3.05, 3.63) is 76.5 Å². The SMILES string of the molecule is O=[N+]([O-])c1ccc([CH]c2ccncc2)cc1. The van der Waals surface area contributed by atoms with Gasteiger partial charge in [0.05, 0.1) is 4.92 Å². The first-order chi connectivity index (χ1) is 7.75. The maximum atomic E-state index is 10.5. The normalized spacial score (nSPS) is 10.0. The summed E-state index contributed by atoms with van der Waals surface area (Å²) in [6.45, 7) is 0. The van der Waals surface area contributed by atoms with Gasteiger partial charge >= 0.3 is 0 Å². The number of nitro benzene ring substituents is 1. The Labute approximate surface area is 92.7 Å². The van der Waals surface area contributed by atoms with Crippen molar-refractivity contribution in [2.45, 2.75) is 0 Å². The maximum Gasteiger partial charge on any atom is 0.269 e. The molecule has 1 heterocycles. The zero-order chi connectivity index (χ0) is 11.4. The Morgan fingerprint density at radius 3 is 2.12 bits per heavy atom. The molecule has 0 saturated heterocycles. The molecule has 1 aromatic heterocycles. The Bertz CT molecular complexity index is 480. The van der Waals surface area contributed by atoms with Crippen molar-refractivity contribution in [3.8, 4) is 0 Å². The van der Waals surface area contributed by atoms with Crippen molar-refractivity contribution < 1.29 is 4.92 Å². The molecule has 0 spiro atoms. The smallest absolute Gasteiger partial charge is 0.265 e. The van der Waals surface area contributed by atoms with Crippen LogP contribution in [0.5, 0.6) is 0 Å². The lowest BCUT2D eigenvalue weighted by atomic mass is 10.1. The van der Waals surface area contributed by atoms with Gasteiger partial charge in [0.15, 0.2) is 0 Å². The van der Waals surface area contributed by atoms with Gasteiger partial charge in [0, 0.05) is 30.9 Å². The first-order valence-corrected chi connectivity index (χ1v) is 4.75. The van der Waals surface area contributed by atoms with Gasteiger partial charge < -0.3 is 0 Å². The van der Waals surface area contributed by atoms with Crippen LogP contribution in [-0.2, 0) is 0 Å². The number of hydrogen-bond acceptors (Lipinski definition) is 3. The molecule has 16 heavy (non-hydrogen) atoms. The van der Waals surface area contributed by atoms with Crippen molar-refractivity contribution in [2.24, 2.45) is 0 Å². The summed E-state index contributed by atoms with van der Waals surface area (Å²) in [6.07, 6.45) is 5.35. The van der Waals surface area contributed by atoms with Crippen molar-refractivity contribution in [3.63, 3.8) is 0 Å². The lowest BCUT2D eigenvalue weighted by molar-refractivity contribution is -0.384. The van der Waals surface area contributed by atoms with E-state index >= 15 is 0 Å². The molecule has 79 valence electrons. The summed E-state index contributed by atoms with van der Waals surface area (Å²) in [5.41, 5.74) is 2.05. The molecule has 1 aromatic carbocycles. The van der Waals surface area contributed by atoms with Crippen molar-refractivity contribution in [1.82, 2.24) is 4.98 Å². The van der Waals surface area contributed by atoms with E-state index in [9.17, 15) is 10.1 Å². The van der Waals surface area contributed by atoms with Crippen LogP contribution >= 0.6 is 0 Å². The summed E-state index contributed by atoms with van der Waals surface area (Å²) in [6, 6.07) is 10.2. The summed E-state index contributed by atoms with van der Waals surface area (Å²) in [4.78, 5) is 14.0. The third kappa shape index (κ3) is 2.42. The van der Waals surface area contributed by atoms with Gasteiger partial charge in [-0.25, -0.2) is 0 Å². The van der Waals surface area contributed by atoms with E-state index in [1.165, 1.54) is 12.1 Å². The molecule has 0 atom stereocenters. The van der Waals surface area contributed by atoms with Crippen LogP contribution in [0.25, 0.3) is 0 Å². The topological polar surface area (TPSA) is 56.0 Å². The zero-order valence-electron chi connectivity index (χ0n) is 8.41. The largest absolute Gasteiger partial charge is 0.269 e. The first-order valence-electron chi connectivity index (χ1n) is 4.75. The molecule has 4 nitrogen and oxygen atoms in total. The maximum absolute atomic E-state index is 10.5. The van der Waals surface area contributed by atoms with E-state index in [2.05, 4.69) is 4.98 Å². The molecule has 4 heteroatoms. The van der Waals surface area contributed by atoms with Crippen LogP contribution in [-0.4, -0.2) is 9.91 Å². The van der Waals surface area contributed by atoms with Crippen LogP contribution in [0.3, 0.4) is 0 Å². The highest BCUT2D eigenvalue weighted by atomic mass is 16.6. The summed E-state index contributed by atoms with van der Waals surface area (Å²) in [7, 11) is 0. The second kappa shape index (κ2) is 4.53. The van der Waals surface area contributed by atoms with Crippen LogP contribution in [0, 0.1) is 16.5 Å². The molecule has 2 aromatic rings. The number of rotatable bonds is 3. The average Bonchev–Trinajstić information content (AvgIpc) is 2.31. The van der Waals surface area contributed by atoms with Crippen LogP contribution in [0.1, 0.15) is 11.1 Å². The van der Waals surface area contributed by atoms with Gasteiger partial charge in [-0.2, -0.15) is 0 Å². The highest BCUT2D eigenvalue weighted by Gasteiger charge is 2.04. The minimum Gasteiger partial charge on any atom is -0.265 e. The van der Waals surface area contributed by atoms with E-state index in [4.69, 9.17) is 0 Å². The third-order valence-electron chi connectivity index (χ3n) is 2.14. The Balaban J connectivity index is 2.14. The molecular weight excluding hydrogens is 204 g/mol. The number of nitrogens with zero attached hydrogens (tertiary/aromatic N) is 2. The second-order valence-corrected chi connectivity index (χ2v) is 3.27. The predicted molar refractivity (Wildman–Crippen MR) is 59.8 cm³/mol. The minimum atomic E-state index is -0.407. The van der Waals surface area contributed by atoms with Gasteiger partial charge in [-0.3, -0.25) is 15.1 Å². The minimum absolute atomic E-state index is 0.104. The molecular formula is C12H9N2O2. The van der Waals surface area contributed by atoms with E-state index in [-0.39, 0.29) is 5.69 Å². The molecule has 1 radical (unpaired) electrons. The van der Waals surface area contributed by atoms with Gasteiger partial charge in [0.2, 0.25) is 0 Å². The molecule has 0 saturated carbocycles. The number of pyridine rings is 1. The van der Waals surface area contributed by atoms with Gasteiger partial charge in [0.25, 0.3) is 5.69 Å². The Morgan fingerprint density at radius 1 is 1.00 bits per heavy atom. The van der Waals surface area contributed by atoms with E-state index in [1.807, 2.05) is 18.6 Å². The monoisotopic (exact) mass is 213 g/mol. The van der Waals surface area contributed by atoms with E-state index in [0.717, 1.165) is 11.1 Å². The first kappa shape index (κ1) is 10.3. The highest BCUT2D eigenvalue weighted by Crippen LogP contribution is 2.15. The molecule has 2 rings (SSSR count). The standard InChI is InChI=1S/C12H9N2O2/c15-14(16)12-3-1-10(2-4-12)9-11-5-7-13-8-6-11/h1-9H. The number of benzene rings is 1. The lowest BCUT2D eigenvalue weighted by Crippen LogP contribution is -1.89. The van der Waals surface area contributed by atoms with Crippen molar-refractivity contribution >= 4 is 5.69 Å². The molecule has 0 fully saturated rings. The molecule has 0 N–H and O–H groups in total. The molecule has 0 aliphatic carbocycles. The molecule has 0 amide bonds. The van der Waals surface area contributed by atoms with Crippen molar-refractivity contribution in [1.29, 1.82) is 0 Å². The Hall–Kier alpha value is -2.23. The summed E-state index contributed by atoms with van der Waals surface area (Å²) in [5, 5.41) is 10.5. The van der Waals surface area contributed by atoms with Crippen LogP contribution in [0.2, 0.25) is 0 Å². The fourth-order valence-electron chi connectivity index (χ4n) is 1.34. The molecule has 0 aliphatic heterocycles. The molecule has 0 aliphatic rings. The number of nitro groups is 1. The molecule has 0 unspecified atom stereocenters.